The van der Waals surface area contributed by atoms with Gasteiger partial charge in [-0.1, -0.05) is 0 Å². The number of nitrogens with two attached hydrogens (primary N) is 1. The number of hydrogen-bond donors (Lipinski definition) is 2. The Kier molecular flexibility index (Phi) is 4.39. The average molecular weight is 366 g/mol. The number of hydrogen-bond acceptors (Lipinski definition) is 4. The van der Waals surface area contributed by atoms with E-state index in [0.29, 0.717) is 18.7 Å². The summed E-state index contributed by atoms with van der Waals surface area (Å²) in [5, 5.41) is 0. The number of H-pyrrole nitrogens is 1. The number of imidazole rings is 2. The van der Waals surface area contributed by atoms with Gasteiger partial charge < -0.3 is 20.2 Å². The van der Waals surface area contributed by atoms with E-state index in [1.54, 1.807) is 17.0 Å². The minimum Gasteiger partial charge on any atom is -0.368 e. The van der Waals surface area contributed by atoms with Gasteiger partial charge in [0.25, 0.3) is 5.91 Å². The van der Waals surface area contributed by atoms with E-state index >= 15 is 0 Å². The van der Waals surface area contributed by atoms with E-state index in [1.165, 1.54) is 0 Å². The topological polar surface area (TPSA) is 110 Å². The zero-order chi connectivity index (χ0) is 19.0. The number of nitrogens with one attached hydrogen (secondary N) is 1. The van der Waals surface area contributed by atoms with Crippen molar-refractivity contribution in [1.29, 1.82) is 0 Å². The van der Waals surface area contributed by atoms with E-state index in [1.807, 2.05) is 30.0 Å². The molecule has 140 valence electrons. The molecule has 3 N–H and O–H groups in total. The Morgan fingerprint density at radius 1 is 1.30 bits per heavy atom. The van der Waals surface area contributed by atoms with Crippen molar-refractivity contribution in [2.45, 2.75) is 32.2 Å². The number of rotatable bonds is 4. The van der Waals surface area contributed by atoms with Crippen LogP contribution in [0.1, 0.15) is 40.8 Å². The van der Waals surface area contributed by atoms with Crippen LogP contribution in [0.25, 0.3) is 11.0 Å². The maximum Gasteiger partial charge on any atom is 0.253 e. The number of aromatic nitrogens is 4. The fourth-order valence-electron chi connectivity index (χ4n) is 3.78. The fourth-order valence-corrected chi connectivity index (χ4v) is 3.78. The number of carbonyl (C=O) groups is 2. The second-order valence-corrected chi connectivity index (χ2v) is 7.00. The van der Waals surface area contributed by atoms with Crippen molar-refractivity contribution in [2.24, 2.45) is 5.73 Å². The molecule has 0 aliphatic carbocycles. The van der Waals surface area contributed by atoms with Gasteiger partial charge in [0.05, 0.1) is 11.0 Å². The van der Waals surface area contributed by atoms with Gasteiger partial charge in [-0.2, -0.15) is 0 Å². The van der Waals surface area contributed by atoms with E-state index in [0.717, 1.165) is 35.5 Å². The summed E-state index contributed by atoms with van der Waals surface area (Å²) in [6.45, 7) is 3.35. The van der Waals surface area contributed by atoms with Crippen molar-refractivity contribution < 1.29 is 9.59 Å². The molecular formula is C19H22N6O2. The summed E-state index contributed by atoms with van der Waals surface area (Å²) in [4.78, 5) is 37.9. The highest BCUT2D eigenvalue weighted by atomic mass is 16.2. The molecule has 1 aromatic carbocycles. The second kappa shape index (κ2) is 6.86. The molecule has 8 nitrogen and oxygen atoms in total. The molecule has 0 unspecified atom stereocenters. The highest BCUT2D eigenvalue weighted by molar-refractivity contribution is 5.97. The summed E-state index contributed by atoms with van der Waals surface area (Å²) < 4.78 is 1.80. The molecule has 1 fully saturated rings. The fraction of sp³-hybridized carbons (Fsp3) is 0.368. The van der Waals surface area contributed by atoms with Crippen molar-refractivity contribution >= 4 is 22.8 Å². The summed E-state index contributed by atoms with van der Waals surface area (Å²) in [6, 6.07) is 5.57. The Balaban J connectivity index is 1.44. The monoisotopic (exact) mass is 366 g/mol. The predicted molar refractivity (Wildman–Crippen MR) is 100 cm³/mol. The number of aromatic amines is 1. The molecule has 1 saturated heterocycles. The van der Waals surface area contributed by atoms with Crippen LogP contribution in [0.5, 0.6) is 0 Å². The smallest absolute Gasteiger partial charge is 0.253 e. The van der Waals surface area contributed by atoms with Gasteiger partial charge in [-0.05, 0) is 38.0 Å². The Morgan fingerprint density at radius 3 is 2.81 bits per heavy atom. The molecule has 4 rings (SSSR count). The largest absolute Gasteiger partial charge is 0.368 e. The van der Waals surface area contributed by atoms with Gasteiger partial charge in [-0.3, -0.25) is 9.59 Å². The van der Waals surface area contributed by atoms with Gasteiger partial charge in [0.15, 0.2) is 0 Å². The molecule has 3 heterocycles. The summed E-state index contributed by atoms with van der Waals surface area (Å²) >= 11 is 0. The van der Waals surface area contributed by atoms with Crippen LogP contribution in [0.3, 0.4) is 0 Å². The van der Waals surface area contributed by atoms with Crippen LogP contribution in [0.2, 0.25) is 0 Å². The third kappa shape index (κ3) is 3.42. The first-order valence-electron chi connectivity index (χ1n) is 9.06. The number of aryl methyl sites for hydroxylation is 1. The van der Waals surface area contributed by atoms with E-state index in [4.69, 9.17) is 5.73 Å². The van der Waals surface area contributed by atoms with Crippen molar-refractivity contribution in [3.8, 4) is 0 Å². The van der Waals surface area contributed by atoms with E-state index in [9.17, 15) is 9.59 Å². The third-order valence-electron chi connectivity index (χ3n) is 5.07. The summed E-state index contributed by atoms with van der Waals surface area (Å²) in [7, 11) is 0. The van der Waals surface area contributed by atoms with Gasteiger partial charge in [-0.15, -0.1) is 0 Å². The lowest BCUT2D eigenvalue weighted by molar-refractivity contribution is -0.118. The third-order valence-corrected chi connectivity index (χ3v) is 5.07. The van der Waals surface area contributed by atoms with Crippen LogP contribution >= 0.6 is 0 Å². The van der Waals surface area contributed by atoms with Gasteiger partial charge in [0, 0.05) is 37.0 Å². The standard InChI is InChI=1S/C19H22N6O2/c1-12-22-15-3-2-14(10-16(15)23-12)19(27)24-7-4-13(5-8-24)18-21-6-9-25(18)11-17(20)26/h2-3,6,9-10,13H,4-5,7-8,11H2,1H3,(H2,20,26)(H,22,23). The van der Waals surface area contributed by atoms with Crippen molar-refractivity contribution in [1.82, 2.24) is 24.4 Å². The van der Waals surface area contributed by atoms with Crippen LogP contribution < -0.4 is 5.73 Å². The molecule has 1 aliphatic heterocycles. The molecule has 1 aliphatic rings. The van der Waals surface area contributed by atoms with Crippen LogP contribution in [0.4, 0.5) is 0 Å². The minimum atomic E-state index is -0.383. The molecule has 2 amide bonds. The Bertz CT molecular complexity index is 997. The molecular weight excluding hydrogens is 344 g/mol. The van der Waals surface area contributed by atoms with Crippen molar-refractivity contribution in [3.05, 3.63) is 47.8 Å². The molecule has 27 heavy (non-hydrogen) atoms. The van der Waals surface area contributed by atoms with Gasteiger partial charge in [0.1, 0.15) is 18.2 Å². The number of amides is 2. The highest BCUT2D eigenvalue weighted by Crippen LogP contribution is 2.28. The molecule has 0 bridgehead atoms. The molecule has 8 heteroatoms. The van der Waals surface area contributed by atoms with E-state index < -0.39 is 0 Å². The van der Waals surface area contributed by atoms with Crippen LogP contribution in [0, 0.1) is 6.92 Å². The van der Waals surface area contributed by atoms with Crippen LogP contribution in [-0.4, -0.2) is 49.3 Å². The minimum absolute atomic E-state index is 0.0306. The van der Waals surface area contributed by atoms with Crippen molar-refractivity contribution in [2.75, 3.05) is 13.1 Å². The lowest BCUT2D eigenvalue weighted by Gasteiger charge is -2.32. The quantitative estimate of drug-likeness (QED) is 0.730. The number of carbonyl (C=O) groups excluding carboxylic acids is 2. The highest BCUT2D eigenvalue weighted by Gasteiger charge is 2.27. The molecule has 3 aromatic rings. The van der Waals surface area contributed by atoms with E-state index in [2.05, 4.69) is 15.0 Å². The first-order chi connectivity index (χ1) is 13.0. The summed E-state index contributed by atoms with van der Waals surface area (Å²) in [5.41, 5.74) is 7.71. The normalized spacial score (nSPS) is 15.4. The maximum absolute atomic E-state index is 12.9. The molecule has 0 atom stereocenters. The Labute approximate surface area is 156 Å². The number of nitrogens with zero attached hydrogens (tertiary/aromatic N) is 4. The predicted octanol–water partition coefficient (Wildman–Crippen LogP) is 1.57. The van der Waals surface area contributed by atoms with Gasteiger partial charge in [0.2, 0.25) is 5.91 Å². The second-order valence-electron chi connectivity index (χ2n) is 7.00. The Hall–Kier alpha value is -3.16. The first-order valence-corrected chi connectivity index (χ1v) is 9.06. The summed E-state index contributed by atoms with van der Waals surface area (Å²) in [5.74, 6) is 1.58. The molecule has 0 saturated carbocycles. The Morgan fingerprint density at radius 2 is 2.07 bits per heavy atom. The van der Waals surface area contributed by atoms with E-state index in [-0.39, 0.29) is 24.3 Å². The number of fused-ring (bicyclic) bond motifs is 1. The van der Waals surface area contributed by atoms with Gasteiger partial charge in [-0.25, -0.2) is 9.97 Å². The van der Waals surface area contributed by atoms with Crippen LogP contribution in [0.15, 0.2) is 30.6 Å². The number of likely N-dealkylation sites (tertiary alicyclic amines) is 1. The van der Waals surface area contributed by atoms with Crippen LogP contribution in [-0.2, 0) is 11.3 Å². The number of benzene rings is 1. The maximum atomic E-state index is 12.9. The molecule has 0 radical (unpaired) electrons. The lowest BCUT2D eigenvalue weighted by Crippen LogP contribution is -2.38. The lowest BCUT2D eigenvalue weighted by atomic mass is 9.95. The number of piperidine rings is 1. The number of primary amides is 1. The SMILES string of the molecule is Cc1nc2ccc(C(=O)N3CCC(c4nccn4CC(N)=O)CC3)cc2[nH]1. The zero-order valence-corrected chi connectivity index (χ0v) is 15.2. The summed E-state index contributed by atoms with van der Waals surface area (Å²) in [6.07, 6.45) is 5.09. The molecule has 0 spiro atoms. The van der Waals surface area contributed by atoms with Gasteiger partial charge >= 0.3 is 0 Å². The van der Waals surface area contributed by atoms with Crippen molar-refractivity contribution in [3.63, 3.8) is 0 Å². The average Bonchev–Trinajstić information content (AvgIpc) is 3.25. The zero-order valence-electron chi connectivity index (χ0n) is 15.2. The first kappa shape index (κ1) is 17.3. The molecule has 2 aromatic heterocycles.